The Morgan fingerprint density at radius 3 is 2.57 bits per heavy atom. The van der Waals surface area contributed by atoms with Gasteiger partial charge in [0.2, 0.25) is 0 Å². The van der Waals surface area contributed by atoms with E-state index < -0.39 is 0 Å². The van der Waals surface area contributed by atoms with Crippen molar-refractivity contribution in [2.75, 3.05) is 19.7 Å². The van der Waals surface area contributed by atoms with Crippen LogP contribution in [0.25, 0.3) is 0 Å². The molecule has 0 atom stereocenters. The average molecular weight is 296 g/mol. The number of ether oxygens (including phenoxy) is 1. The number of nitrogens with one attached hydrogen (secondary N) is 2. The molecular weight excluding hydrogens is 271 g/mol. The van der Waals surface area contributed by atoms with Gasteiger partial charge in [0.25, 0.3) is 0 Å². The molecular formula is C16H25FN2O2. The molecule has 0 saturated carbocycles. The highest BCUT2D eigenvalue weighted by atomic mass is 19.1. The molecule has 1 aromatic rings. The first kappa shape index (κ1) is 17.3. The monoisotopic (exact) mass is 296 g/mol. The maximum Gasteiger partial charge on any atom is 0.314 e. The standard InChI is InChI=1S/C16H25FN2O2/c1-5-21-14-7-6-12(10-13(14)17)8-9-18-15(20)19-11-16(2,3)4/h6-7,10H,5,8-9,11H2,1-4H3,(H2,18,19,20). The maximum absolute atomic E-state index is 13.7. The smallest absolute Gasteiger partial charge is 0.314 e. The van der Waals surface area contributed by atoms with E-state index in [1.54, 1.807) is 6.07 Å². The van der Waals surface area contributed by atoms with Crippen molar-refractivity contribution in [3.05, 3.63) is 29.6 Å². The third-order valence-corrected chi connectivity index (χ3v) is 2.77. The largest absolute Gasteiger partial charge is 0.491 e. The van der Waals surface area contributed by atoms with E-state index in [2.05, 4.69) is 31.4 Å². The first-order chi connectivity index (χ1) is 9.81. The van der Waals surface area contributed by atoms with Gasteiger partial charge in [-0.2, -0.15) is 0 Å². The number of hydrogen-bond acceptors (Lipinski definition) is 2. The van der Waals surface area contributed by atoms with Crippen LogP contribution in [0.3, 0.4) is 0 Å². The average Bonchev–Trinajstić information content (AvgIpc) is 2.39. The van der Waals surface area contributed by atoms with E-state index in [4.69, 9.17) is 4.74 Å². The number of urea groups is 1. The summed E-state index contributed by atoms with van der Waals surface area (Å²) < 4.78 is 18.8. The van der Waals surface area contributed by atoms with Crippen LogP contribution in [0, 0.1) is 11.2 Å². The van der Waals surface area contributed by atoms with Gasteiger partial charge in [-0.25, -0.2) is 9.18 Å². The summed E-state index contributed by atoms with van der Waals surface area (Å²) in [5.41, 5.74) is 0.877. The van der Waals surface area contributed by atoms with Gasteiger partial charge < -0.3 is 15.4 Å². The summed E-state index contributed by atoms with van der Waals surface area (Å²) in [7, 11) is 0. The van der Waals surface area contributed by atoms with Crippen LogP contribution < -0.4 is 15.4 Å². The lowest BCUT2D eigenvalue weighted by Crippen LogP contribution is -2.40. The SMILES string of the molecule is CCOc1ccc(CCNC(=O)NCC(C)(C)C)cc1F. The van der Waals surface area contributed by atoms with Gasteiger partial charge in [0, 0.05) is 13.1 Å². The van der Waals surface area contributed by atoms with Crippen molar-refractivity contribution >= 4 is 6.03 Å². The van der Waals surface area contributed by atoms with Gasteiger partial charge in [0.15, 0.2) is 11.6 Å². The van der Waals surface area contributed by atoms with Crippen molar-refractivity contribution in [1.82, 2.24) is 10.6 Å². The van der Waals surface area contributed by atoms with Crippen LogP contribution >= 0.6 is 0 Å². The highest BCUT2D eigenvalue weighted by Crippen LogP contribution is 2.18. The molecule has 1 rings (SSSR count). The Balaban J connectivity index is 2.35. The molecule has 2 N–H and O–H groups in total. The number of carbonyl (C=O) groups excluding carboxylic acids is 1. The zero-order chi connectivity index (χ0) is 15.9. The molecule has 0 bridgehead atoms. The lowest BCUT2D eigenvalue weighted by molar-refractivity contribution is 0.235. The second kappa shape index (κ2) is 7.86. The van der Waals surface area contributed by atoms with Crippen molar-refractivity contribution in [3.8, 4) is 5.75 Å². The molecule has 0 unspecified atom stereocenters. The number of carbonyl (C=O) groups is 1. The van der Waals surface area contributed by atoms with Gasteiger partial charge in [-0.15, -0.1) is 0 Å². The Morgan fingerprint density at radius 1 is 1.29 bits per heavy atom. The van der Waals surface area contributed by atoms with Crippen LogP contribution in [0.4, 0.5) is 9.18 Å². The molecule has 1 aromatic carbocycles. The topological polar surface area (TPSA) is 50.4 Å². The summed E-state index contributed by atoms with van der Waals surface area (Å²) in [4.78, 5) is 11.6. The molecule has 0 radical (unpaired) electrons. The van der Waals surface area contributed by atoms with Crippen molar-refractivity contribution in [1.29, 1.82) is 0 Å². The van der Waals surface area contributed by atoms with Crippen molar-refractivity contribution < 1.29 is 13.9 Å². The van der Waals surface area contributed by atoms with E-state index in [0.29, 0.717) is 26.1 Å². The Bertz CT molecular complexity index is 470. The fourth-order valence-corrected chi connectivity index (χ4v) is 1.70. The molecule has 118 valence electrons. The number of amides is 2. The molecule has 21 heavy (non-hydrogen) atoms. The lowest BCUT2D eigenvalue weighted by Gasteiger charge is -2.18. The lowest BCUT2D eigenvalue weighted by atomic mass is 9.97. The summed E-state index contributed by atoms with van der Waals surface area (Å²) in [6.07, 6.45) is 0.576. The van der Waals surface area contributed by atoms with Crippen LogP contribution in [0.2, 0.25) is 0 Å². The second-order valence-electron chi connectivity index (χ2n) is 6.12. The Hall–Kier alpha value is -1.78. The van der Waals surface area contributed by atoms with Gasteiger partial charge in [-0.3, -0.25) is 0 Å². The first-order valence-corrected chi connectivity index (χ1v) is 7.25. The van der Waals surface area contributed by atoms with Crippen molar-refractivity contribution in [2.24, 2.45) is 5.41 Å². The molecule has 4 nitrogen and oxygen atoms in total. The summed E-state index contributed by atoms with van der Waals surface area (Å²) in [5, 5.41) is 5.56. The van der Waals surface area contributed by atoms with Crippen LogP contribution in [0.5, 0.6) is 5.75 Å². The van der Waals surface area contributed by atoms with Crippen LogP contribution in [-0.2, 0) is 6.42 Å². The minimum atomic E-state index is -0.369. The van der Waals surface area contributed by atoms with Gasteiger partial charge in [-0.05, 0) is 36.5 Å². The van der Waals surface area contributed by atoms with Gasteiger partial charge >= 0.3 is 6.03 Å². The van der Waals surface area contributed by atoms with Crippen LogP contribution in [0.1, 0.15) is 33.3 Å². The van der Waals surface area contributed by atoms with E-state index in [9.17, 15) is 9.18 Å². The zero-order valence-electron chi connectivity index (χ0n) is 13.3. The molecule has 5 heteroatoms. The highest BCUT2D eigenvalue weighted by molar-refractivity contribution is 5.73. The van der Waals surface area contributed by atoms with Gasteiger partial charge in [0.1, 0.15) is 0 Å². The molecule has 0 fully saturated rings. The zero-order valence-corrected chi connectivity index (χ0v) is 13.3. The quantitative estimate of drug-likeness (QED) is 0.847. The van der Waals surface area contributed by atoms with E-state index in [-0.39, 0.29) is 23.0 Å². The van der Waals surface area contributed by atoms with Crippen molar-refractivity contribution in [2.45, 2.75) is 34.1 Å². The predicted octanol–water partition coefficient (Wildman–Crippen LogP) is 3.11. The summed E-state index contributed by atoms with van der Waals surface area (Å²) in [5.74, 6) is -0.108. The summed E-state index contributed by atoms with van der Waals surface area (Å²) in [6.45, 7) is 9.47. The molecule has 0 heterocycles. The minimum Gasteiger partial charge on any atom is -0.491 e. The van der Waals surface area contributed by atoms with E-state index in [1.807, 2.05) is 13.0 Å². The molecule has 0 aliphatic carbocycles. The fraction of sp³-hybridized carbons (Fsp3) is 0.562. The fourth-order valence-electron chi connectivity index (χ4n) is 1.70. The van der Waals surface area contributed by atoms with Gasteiger partial charge in [0.05, 0.1) is 6.61 Å². The molecule has 0 saturated heterocycles. The molecule has 2 amide bonds. The molecule has 0 aliphatic rings. The minimum absolute atomic E-state index is 0.0512. The molecule has 0 aliphatic heterocycles. The van der Waals surface area contributed by atoms with Crippen molar-refractivity contribution in [3.63, 3.8) is 0 Å². The predicted molar refractivity (Wildman–Crippen MR) is 82.1 cm³/mol. The number of hydrogen-bond donors (Lipinski definition) is 2. The van der Waals surface area contributed by atoms with Crippen LogP contribution in [0.15, 0.2) is 18.2 Å². The number of rotatable bonds is 6. The van der Waals surface area contributed by atoms with E-state index >= 15 is 0 Å². The Morgan fingerprint density at radius 2 is 2.00 bits per heavy atom. The summed E-state index contributed by atoms with van der Waals surface area (Å²) >= 11 is 0. The first-order valence-electron chi connectivity index (χ1n) is 7.25. The third-order valence-electron chi connectivity index (χ3n) is 2.77. The van der Waals surface area contributed by atoms with Gasteiger partial charge in [-0.1, -0.05) is 26.8 Å². The van der Waals surface area contributed by atoms with Crippen LogP contribution in [-0.4, -0.2) is 25.7 Å². The highest BCUT2D eigenvalue weighted by Gasteiger charge is 2.11. The number of halogens is 1. The van der Waals surface area contributed by atoms with E-state index in [0.717, 1.165) is 5.56 Å². The normalized spacial score (nSPS) is 11.1. The Labute approximate surface area is 126 Å². The second-order valence-corrected chi connectivity index (χ2v) is 6.12. The molecule has 0 spiro atoms. The number of benzene rings is 1. The molecule has 0 aromatic heterocycles. The van der Waals surface area contributed by atoms with E-state index in [1.165, 1.54) is 6.07 Å². The third kappa shape index (κ3) is 6.97. The maximum atomic E-state index is 13.7. The Kier molecular flexibility index (Phi) is 6.46. The summed E-state index contributed by atoms with van der Waals surface area (Å²) in [6, 6.07) is 4.67.